The van der Waals surface area contributed by atoms with Crippen molar-refractivity contribution >= 4 is 39.1 Å². The first kappa shape index (κ1) is 16.7. The summed E-state index contributed by atoms with van der Waals surface area (Å²) in [6, 6.07) is 7.22. The molecule has 0 bridgehead atoms. The maximum atomic E-state index is 12.9. The van der Waals surface area contributed by atoms with Crippen molar-refractivity contribution in [3.05, 3.63) is 62.0 Å². The lowest BCUT2D eigenvalue weighted by molar-refractivity contribution is 0.0699. The highest BCUT2D eigenvalue weighted by Gasteiger charge is 2.19. The average molecular weight is 363 g/mol. The summed E-state index contributed by atoms with van der Waals surface area (Å²) in [4.78, 5) is 29.3. The number of rotatable bonds is 5. The van der Waals surface area contributed by atoms with Gasteiger partial charge in [-0.1, -0.05) is 30.7 Å². The Balaban J connectivity index is 2.19. The fraction of sp³-hybridized carbons (Fsp3) is 0.235. The number of carboxylic acids is 1. The molecule has 0 amide bonds. The normalized spacial score (nSPS) is 11.1. The zero-order valence-corrected chi connectivity index (χ0v) is 14.5. The molecule has 7 heteroatoms. The number of carbonyl (C=O) groups is 1. The summed E-state index contributed by atoms with van der Waals surface area (Å²) in [5, 5.41) is 11.6. The first-order chi connectivity index (χ1) is 11.5. The van der Waals surface area contributed by atoms with Crippen LogP contribution in [0.2, 0.25) is 5.02 Å². The van der Waals surface area contributed by atoms with Gasteiger partial charge in [0.05, 0.1) is 17.5 Å². The van der Waals surface area contributed by atoms with Gasteiger partial charge < -0.3 is 5.11 Å². The number of halogens is 1. The van der Waals surface area contributed by atoms with E-state index < -0.39 is 5.97 Å². The zero-order chi connectivity index (χ0) is 17.3. The number of aryl methyl sites for hydroxylation is 1. The number of fused-ring (bicyclic) bond motifs is 1. The molecule has 5 nitrogen and oxygen atoms in total. The predicted octanol–water partition coefficient (Wildman–Crippen LogP) is 3.81. The summed E-state index contributed by atoms with van der Waals surface area (Å²) < 4.78 is 1.56. The molecule has 124 valence electrons. The smallest absolute Gasteiger partial charge is 0.337 e. The summed E-state index contributed by atoms with van der Waals surface area (Å²) in [6.07, 6.45) is 1.49. The standard InChI is InChI=1S/C17H15ClN2O3S/c1-2-3-13-19-15-14(12(9-24-15)17(22)23)16(21)20(13)8-10-4-6-11(18)7-5-10/h4-7,9H,2-3,8H2,1H3,(H,22,23). The molecular weight excluding hydrogens is 348 g/mol. The largest absolute Gasteiger partial charge is 0.478 e. The maximum Gasteiger partial charge on any atom is 0.337 e. The van der Waals surface area contributed by atoms with Gasteiger partial charge >= 0.3 is 5.97 Å². The van der Waals surface area contributed by atoms with Crippen LogP contribution in [0.5, 0.6) is 0 Å². The summed E-state index contributed by atoms with van der Waals surface area (Å²) in [5.41, 5.74) is 0.615. The molecule has 1 aromatic carbocycles. The Morgan fingerprint density at radius 3 is 2.67 bits per heavy atom. The van der Waals surface area contributed by atoms with E-state index in [1.54, 1.807) is 16.7 Å². The average Bonchev–Trinajstić information content (AvgIpc) is 2.97. The van der Waals surface area contributed by atoms with E-state index >= 15 is 0 Å². The molecule has 1 N–H and O–H groups in total. The summed E-state index contributed by atoms with van der Waals surface area (Å²) in [7, 11) is 0. The number of thiophene rings is 1. The molecule has 0 aliphatic carbocycles. The minimum atomic E-state index is -1.11. The van der Waals surface area contributed by atoms with Crippen LogP contribution in [0, 0.1) is 0 Å². The SMILES string of the molecule is CCCc1nc2scc(C(=O)O)c2c(=O)n1Cc1ccc(Cl)cc1. The number of aromatic nitrogens is 2. The van der Waals surface area contributed by atoms with Crippen LogP contribution in [-0.4, -0.2) is 20.6 Å². The van der Waals surface area contributed by atoms with E-state index in [4.69, 9.17) is 11.6 Å². The number of benzene rings is 1. The van der Waals surface area contributed by atoms with Gasteiger partial charge in [0.25, 0.3) is 5.56 Å². The maximum absolute atomic E-state index is 12.9. The molecule has 0 aliphatic heterocycles. The lowest BCUT2D eigenvalue weighted by Crippen LogP contribution is -2.26. The molecule has 0 atom stereocenters. The van der Waals surface area contributed by atoms with Gasteiger partial charge in [-0.25, -0.2) is 9.78 Å². The van der Waals surface area contributed by atoms with E-state index in [9.17, 15) is 14.7 Å². The third kappa shape index (κ3) is 3.07. The van der Waals surface area contributed by atoms with Crippen molar-refractivity contribution in [1.82, 2.24) is 9.55 Å². The van der Waals surface area contributed by atoms with Gasteiger partial charge in [-0.3, -0.25) is 9.36 Å². The van der Waals surface area contributed by atoms with Gasteiger partial charge in [0, 0.05) is 16.8 Å². The summed E-state index contributed by atoms with van der Waals surface area (Å²) >= 11 is 7.09. The van der Waals surface area contributed by atoms with Gasteiger partial charge in [0.1, 0.15) is 10.7 Å². The molecule has 0 radical (unpaired) electrons. The number of aromatic carboxylic acids is 1. The number of hydrogen-bond donors (Lipinski definition) is 1. The van der Waals surface area contributed by atoms with Gasteiger partial charge in [0.15, 0.2) is 0 Å². The third-order valence-corrected chi connectivity index (χ3v) is 4.85. The monoisotopic (exact) mass is 362 g/mol. The zero-order valence-electron chi connectivity index (χ0n) is 13.0. The van der Waals surface area contributed by atoms with Crippen molar-refractivity contribution in [3.63, 3.8) is 0 Å². The van der Waals surface area contributed by atoms with Crippen molar-refractivity contribution < 1.29 is 9.90 Å². The van der Waals surface area contributed by atoms with E-state index in [0.29, 0.717) is 28.6 Å². The van der Waals surface area contributed by atoms with Crippen LogP contribution >= 0.6 is 22.9 Å². The minimum absolute atomic E-state index is 0.0143. The molecule has 0 spiro atoms. The third-order valence-electron chi connectivity index (χ3n) is 3.73. The van der Waals surface area contributed by atoms with Crippen molar-refractivity contribution in [2.75, 3.05) is 0 Å². The van der Waals surface area contributed by atoms with Crippen molar-refractivity contribution in [2.45, 2.75) is 26.3 Å². The molecular formula is C17H15ClN2O3S. The van der Waals surface area contributed by atoms with Crippen LogP contribution < -0.4 is 5.56 Å². The first-order valence-electron chi connectivity index (χ1n) is 7.50. The highest BCUT2D eigenvalue weighted by atomic mass is 35.5. The van der Waals surface area contributed by atoms with Crippen LogP contribution in [-0.2, 0) is 13.0 Å². The Morgan fingerprint density at radius 2 is 2.04 bits per heavy atom. The van der Waals surface area contributed by atoms with E-state index in [1.807, 2.05) is 19.1 Å². The van der Waals surface area contributed by atoms with Crippen LogP contribution in [0.1, 0.15) is 35.1 Å². The van der Waals surface area contributed by atoms with Gasteiger partial charge in [-0.15, -0.1) is 11.3 Å². The molecule has 2 heterocycles. The molecule has 24 heavy (non-hydrogen) atoms. The van der Waals surface area contributed by atoms with Crippen molar-refractivity contribution in [2.24, 2.45) is 0 Å². The molecule has 0 saturated heterocycles. The van der Waals surface area contributed by atoms with Gasteiger partial charge in [0.2, 0.25) is 0 Å². The number of carboxylic acid groups (broad SMARTS) is 1. The topological polar surface area (TPSA) is 72.2 Å². The highest BCUT2D eigenvalue weighted by molar-refractivity contribution is 7.17. The molecule has 0 saturated carbocycles. The number of nitrogens with zero attached hydrogens (tertiary/aromatic N) is 2. The minimum Gasteiger partial charge on any atom is -0.478 e. The first-order valence-corrected chi connectivity index (χ1v) is 8.75. The molecule has 3 rings (SSSR count). The van der Waals surface area contributed by atoms with Crippen LogP contribution in [0.25, 0.3) is 10.2 Å². The Kier molecular flexibility index (Phi) is 4.69. The lowest BCUT2D eigenvalue weighted by atomic mass is 10.2. The Hall–Kier alpha value is -2.18. The second-order valence-electron chi connectivity index (χ2n) is 5.43. The van der Waals surface area contributed by atoms with Crippen molar-refractivity contribution in [3.8, 4) is 0 Å². The summed E-state index contributed by atoms with van der Waals surface area (Å²) in [5.74, 6) is -0.440. The Morgan fingerprint density at radius 1 is 1.33 bits per heavy atom. The van der Waals surface area contributed by atoms with E-state index in [1.165, 1.54) is 16.7 Å². The molecule has 0 unspecified atom stereocenters. The predicted molar refractivity (Wildman–Crippen MR) is 95.4 cm³/mol. The molecule has 0 aliphatic rings. The van der Waals surface area contributed by atoms with Gasteiger partial charge in [-0.2, -0.15) is 0 Å². The fourth-order valence-corrected chi connectivity index (χ4v) is 3.62. The van der Waals surface area contributed by atoms with E-state index in [2.05, 4.69) is 4.98 Å². The molecule has 2 aromatic heterocycles. The molecule has 3 aromatic rings. The van der Waals surface area contributed by atoms with Crippen LogP contribution in [0.3, 0.4) is 0 Å². The Bertz CT molecular complexity index is 960. The van der Waals surface area contributed by atoms with Crippen LogP contribution in [0.15, 0.2) is 34.4 Å². The molecule has 0 fully saturated rings. The highest BCUT2D eigenvalue weighted by Crippen LogP contribution is 2.22. The van der Waals surface area contributed by atoms with E-state index in [-0.39, 0.29) is 16.5 Å². The quantitative estimate of drug-likeness (QED) is 0.749. The van der Waals surface area contributed by atoms with Crippen molar-refractivity contribution in [1.29, 1.82) is 0 Å². The van der Waals surface area contributed by atoms with E-state index in [0.717, 1.165) is 12.0 Å². The van der Waals surface area contributed by atoms with Crippen LogP contribution in [0.4, 0.5) is 0 Å². The fourth-order valence-electron chi connectivity index (χ4n) is 2.57. The number of hydrogen-bond acceptors (Lipinski definition) is 4. The Labute approximate surface area is 147 Å². The second-order valence-corrected chi connectivity index (χ2v) is 6.73. The lowest BCUT2D eigenvalue weighted by Gasteiger charge is -2.12. The van der Waals surface area contributed by atoms with Gasteiger partial charge in [-0.05, 0) is 24.1 Å². The summed E-state index contributed by atoms with van der Waals surface area (Å²) in [6.45, 7) is 2.35. The second kappa shape index (κ2) is 6.75.